The number of carbonyl (C=O) groups is 1. The molecule has 0 unspecified atom stereocenters. The molecule has 0 atom stereocenters. The van der Waals surface area contributed by atoms with Gasteiger partial charge in [-0.2, -0.15) is 0 Å². The fraction of sp³-hybridized carbons (Fsp3) is 0.304. The topological polar surface area (TPSA) is 79.5 Å². The largest absolute Gasteiger partial charge is 0.491 e. The van der Waals surface area contributed by atoms with Crippen LogP contribution in [0, 0.1) is 0 Å². The van der Waals surface area contributed by atoms with Crippen molar-refractivity contribution in [2.45, 2.75) is 4.84 Å². The average Bonchev–Trinajstić information content (AvgIpc) is 3.29. The number of H-pyrrole nitrogens is 1. The van der Waals surface area contributed by atoms with E-state index in [-0.39, 0.29) is 0 Å². The zero-order valence-electron chi connectivity index (χ0n) is 18.0. The van der Waals surface area contributed by atoms with E-state index in [1.165, 1.54) is 0 Å². The third-order valence-corrected chi connectivity index (χ3v) is 6.17. The highest BCUT2D eigenvalue weighted by Crippen LogP contribution is 2.39. The summed E-state index contributed by atoms with van der Waals surface area (Å²) in [5.74, 6) is 0.719. The van der Waals surface area contributed by atoms with Gasteiger partial charge in [-0.1, -0.05) is 46.4 Å². The third-order valence-electron chi connectivity index (χ3n) is 5.26. The highest BCUT2D eigenvalue weighted by molar-refractivity contribution is 6.54. The zero-order chi connectivity index (χ0) is 24.1. The maximum absolute atomic E-state index is 11.6. The molecule has 0 spiro atoms. The number of aromatic nitrogens is 2. The molecule has 0 bridgehead atoms. The Bertz CT molecular complexity index is 1130. The van der Waals surface area contributed by atoms with Gasteiger partial charge >= 0.3 is 0 Å². The first-order valence-corrected chi connectivity index (χ1v) is 12.2. The molecule has 0 aliphatic carbocycles. The van der Waals surface area contributed by atoms with E-state index < -0.39 is 10.7 Å². The van der Waals surface area contributed by atoms with Crippen LogP contribution in [0.3, 0.4) is 0 Å². The monoisotopic (exact) mass is 542 g/mol. The van der Waals surface area contributed by atoms with Crippen LogP contribution in [0.15, 0.2) is 42.6 Å². The number of aromatic amines is 1. The molecule has 1 fully saturated rings. The van der Waals surface area contributed by atoms with Crippen molar-refractivity contribution in [3.8, 4) is 28.4 Å². The van der Waals surface area contributed by atoms with Gasteiger partial charge in [0, 0.05) is 35.9 Å². The number of ether oxygens (including phenoxy) is 2. The number of anilines is 1. The van der Waals surface area contributed by atoms with Crippen LogP contribution in [0.1, 0.15) is 0 Å². The van der Waals surface area contributed by atoms with Gasteiger partial charge < -0.3 is 19.8 Å². The Labute approximate surface area is 217 Å². The van der Waals surface area contributed by atoms with Crippen LogP contribution >= 0.6 is 46.4 Å². The third kappa shape index (κ3) is 6.36. The summed E-state index contributed by atoms with van der Waals surface area (Å²) < 4.78 is 11.5. The van der Waals surface area contributed by atoms with Crippen LogP contribution in [-0.2, 0) is 9.53 Å². The van der Waals surface area contributed by atoms with Crippen molar-refractivity contribution in [3.63, 3.8) is 0 Å². The summed E-state index contributed by atoms with van der Waals surface area (Å²) in [6, 6.07) is 10.5. The van der Waals surface area contributed by atoms with Crippen LogP contribution in [0.25, 0.3) is 22.6 Å². The van der Waals surface area contributed by atoms with Crippen LogP contribution in [-0.4, -0.2) is 65.1 Å². The molecule has 1 aromatic heterocycles. The second-order valence-electron chi connectivity index (χ2n) is 7.58. The lowest BCUT2D eigenvalue weighted by Crippen LogP contribution is -2.38. The van der Waals surface area contributed by atoms with Gasteiger partial charge in [-0.3, -0.25) is 9.69 Å². The molecule has 2 N–H and O–H groups in total. The minimum absolute atomic E-state index is 0.457. The number of nitrogens with one attached hydrogen (secondary N) is 2. The Morgan fingerprint density at radius 2 is 1.91 bits per heavy atom. The van der Waals surface area contributed by atoms with Crippen molar-refractivity contribution in [2.75, 3.05) is 44.8 Å². The van der Waals surface area contributed by atoms with Gasteiger partial charge in [0.25, 0.3) is 5.91 Å². The molecule has 34 heavy (non-hydrogen) atoms. The first-order chi connectivity index (χ1) is 16.4. The number of benzene rings is 2. The van der Waals surface area contributed by atoms with E-state index in [4.69, 9.17) is 55.9 Å². The number of morpholine rings is 1. The number of halogens is 4. The van der Waals surface area contributed by atoms with E-state index in [1.807, 2.05) is 12.1 Å². The molecule has 180 valence electrons. The van der Waals surface area contributed by atoms with Gasteiger partial charge in [0.15, 0.2) is 4.84 Å². The molecular weight excluding hydrogens is 522 g/mol. The van der Waals surface area contributed by atoms with E-state index in [9.17, 15) is 4.79 Å². The molecule has 3 aromatic rings. The summed E-state index contributed by atoms with van der Waals surface area (Å²) in [5.41, 5.74) is 2.77. The number of rotatable bonds is 8. The van der Waals surface area contributed by atoms with Crippen molar-refractivity contribution in [1.29, 1.82) is 0 Å². The SMILES string of the molecule is O=C(Nc1ccc(-c2ncc(-c3c(Cl)cc(Cl)cc3OCCN3CCOCC3)[nH]2)cc1)C(Cl)Cl. The first-order valence-electron chi connectivity index (χ1n) is 10.6. The molecule has 7 nitrogen and oxygen atoms in total. The number of hydrogen-bond donors (Lipinski definition) is 2. The molecule has 1 amide bonds. The summed E-state index contributed by atoms with van der Waals surface area (Å²) in [5, 5.41) is 3.57. The molecule has 1 saturated heterocycles. The number of alkyl halides is 2. The molecule has 1 aliphatic heterocycles. The van der Waals surface area contributed by atoms with Crippen molar-refractivity contribution < 1.29 is 14.3 Å². The van der Waals surface area contributed by atoms with Gasteiger partial charge in [0.1, 0.15) is 18.2 Å². The number of hydrogen-bond acceptors (Lipinski definition) is 5. The van der Waals surface area contributed by atoms with E-state index in [1.54, 1.807) is 30.5 Å². The van der Waals surface area contributed by atoms with Crippen molar-refractivity contribution in [3.05, 3.63) is 52.6 Å². The molecule has 11 heteroatoms. The summed E-state index contributed by atoms with van der Waals surface area (Å²) in [4.78, 5) is 20.6. The Morgan fingerprint density at radius 1 is 1.18 bits per heavy atom. The lowest BCUT2D eigenvalue weighted by molar-refractivity contribution is -0.114. The smallest absolute Gasteiger partial charge is 0.257 e. The summed E-state index contributed by atoms with van der Waals surface area (Å²) in [6.07, 6.45) is 1.70. The lowest BCUT2D eigenvalue weighted by atomic mass is 10.1. The van der Waals surface area contributed by atoms with Crippen LogP contribution in [0.4, 0.5) is 5.69 Å². The predicted octanol–water partition coefficient (Wildman–Crippen LogP) is 5.50. The zero-order valence-corrected chi connectivity index (χ0v) is 21.0. The minimum atomic E-state index is -1.14. The quantitative estimate of drug-likeness (QED) is 0.366. The van der Waals surface area contributed by atoms with Gasteiger partial charge in [0.2, 0.25) is 0 Å². The minimum Gasteiger partial charge on any atom is -0.491 e. The summed E-state index contributed by atoms with van der Waals surface area (Å²) in [6.45, 7) is 4.51. The molecule has 1 aliphatic rings. The van der Waals surface area contributed by atoms with Crippen molar-refractivity contribution in [1.82, 2.24) is 14.9 Å². The number of imidazole rings is 1. The number of carbonyl (C=O) groups excluding carboxylic acids is 1. The predicted molar refractivity (Wildman–Crippen MR) is 136 cm³/mol. The second kappa shape index (κ2) is 11.6. The first kappa shape index (κ1) is 25.1. The van der Waals surface area contributed by atoms with E-state index in [0.29, 0.717) is 45.2 Å². The number of nitrogens with zero attached hydrogens (tertiary/aromatic N) is 2. The Balaban J connectivity index is 1.50. The van der Waals surface area contributed by atoms with Crippen molar-refractivity contribution >= 4 is 58.0 Å². The normalized spacial score (nSPS) is 14.4. The van der Waals surface area contributed by atoms with Crippen LogP contribution in [0.5, 0.6) is 5.75 Å². The molecule has 2 heterocycles. The van der Waals surface area contributed by atoms with E-state index >= 15 is 0 Å². The standard InChI is InChI=1S/C23H22Cl4N4O3/c24-15-11-17(25)20(19(12-15)34-10-7-31-5-8-33-9-6-31)18-13-28-22(30-18)14-1-3-16(4-2-14)29-23(32)21(26)27/h1-4,11-13,21H,5-10H2,(H,28,30)(H,29,32). The Kier molecular flexibility index (Phi) is 8.58. The van der Waals surface area contributed by atoms with Crippen LogP contribution < -0.4 is 10.1 Å². The van der Waals surface area contributed by atoms with Gasteiger partial charge in [-0.25, -0.2) is 4.98 Å². The average molecular weight is 544 g/mol. The van der Waals surface area contributed by atoms with Gasteiger partial charge in [-0.15, -0.1) is 0 Å². The maximum atomic E-state index is 11.6. The Hall–Kier alpha value is -2.00. The molecule has 0 radical (unpaired) electrons. The summed E-state index contributed by atoms with van der Waals surface area (Å²) >= 11 is 23.9. The van der Waals surface area contributed by atoms with Gasteiger partial charge in [-0.05, 0) is 36.4 Å². The fourth-order valence-electron chi connectivity index (χ4n) is 3.54. The Morgan fingerprint density at radius 3 is 2.62 bits per heavy atom. The van der Waals surface area contributed by atoms with Gasteiger partial charge in [0.05, 0.1) is 35.7 Å². The summed E-state index contributed by atoms with van der Waals surface area (Å²) in [7, 11) is 0. The van der Waals surface area contributed by atoms with Crippen LogP contribution in [0.2, 0.25) is 10.0 Å². The second-order valence-corrected chi connectivity index (χ2v) is 9.52. The number of amides is 1. The highest BCUT2D eigenvalue weighted by atomic mass is 35.5. The molecule has 0 saturated carbocycles. The molecule has 2 aromatic carbocycles. The highest BCUT2D eigenvalue weighted by Gasteiger charge is 2.17. The molecule has 4 rings (SSSR count). The molecular formula is C23H22Cl4N4O3. The van der Waals surface area contributed by atoms with Crippen molar-refractivity contribution in [2.24, 2.45) is 0 Å². The maximum Gasteiger partial charge on any atom is 0.257 e. The lowest BCUT2D eigenvalue weighted by Gasteiger charge is -2.26. The van der Waals surface area contributed by atoms with E-state index in [2.05, 4.69) is 20.2 Å². The van der Waals surface area contributed by atoms with E-state index in [0.717, 1.165) is 38.4 Å². The fourth-order valence-corrected chi connectivity index (χ4v) is 4.22.